The minimum Gasteiger partial charge on any atom is -0.396 e. The quantitative estimate of drug-likeness (QED) is 0.739. The zero-order valence-electron chi connectivity index (χ0n) is 12.2. The molecule has 0 aliphatic rings. The third kappa shape index (κ3) is 4.37. The maximum Gasteiger partial charge on any atom is 0.132 e. The number of nitrogens with zero attached hydrogens (tertiary/aromatic N) is 2. The molecule has 1 heterocycles. The number of halogens is 3. The van der Waals surface area contributed by atoms with E-state index in [0.29, 0.717) is 34.7 Å². The second kappa shape index (κ2) is 8.18. The highest BCUT2D eigenvalue weighted by Gasteiger charge is 2.14. The Morgan fingerprint density at radius 3 is 2.73 bits per heavy atom. The number of hydrogen-bond acceptors (Lipinski definition) is 3. The summed E-state index contributed by atoms with van der Waals surface area (Å²) in [7, 11) is 0. The molecule has 0 unspecified atom stereocenters. The molecule has 2 rings (SSSR count). The Hall–Kier alpha value is -0.780. The van der Waals surface area contributed by atoms with Crippen LogP contribution in [-0.4, -0.2) is 28.0 Å². The first-order valence-electron chi connectivity index (χ1n) is 7.00. The molecule has 7 heteroatoms. The van der Waals surface area contributed by atoms with Gasteiger partial charge < -0.3 is 10.4 Å². The standard InChI is InChI=1S/C15H18Cl3N3O/c1-10-13(8-19-5-2-6-22)15(18)21(20-10)9-11-3-4-12(16)7-14(11)17/h3-4,7,19,22H,2,5-6,8-9H2,1H3. The minimum absolute atomic E-state index is 0.175. The Kier molecular flexibility index (Phi) is 6.53. The van der Waals surface area contributed by atoms with E-state index in [9.17, 15) is 0 Å². The highest BCUT2D eigenvalue weighted by molar-refractivity contribution is 6.35. The van der Waals surface area contributed by atoms with Gasteiger partial charge in [0.05, 0.1) is 12.2 Å². The van der Waals surface area contributed by atoms with Gasteiger partial charge in [-0.2, -0.15) is 5.10 Å². The first-order valence-corrected chi connectivity index (χ1v) is 8.13. The average molecular weight is 363 g/mol. The van der Waals surface area contributed by atoms with Crippen molar-refractivity contribution < 1.29 is 5.11 Å². The highest BCUT2D eigenvalue weighted by Crippen LogP contribution is 2.25. The Labute approximate surface area is 145 Å². The number of aliphatic hydroxyl groups excluding tert-OH is 1. The molecule has 0 spiro atoms. The molecule has 1 aromatic carbocycles. The van der Waals surface area contributed by atoms with Crippen LogP contribution in [-0.2, 0) is 13.1 Å². The van der Waals surface area contributed by atoms with Crippen LogP contribution in [0.15, 0.2) is 18.2 Å². The van der Waals surface area contributed by atoms with Crippen molar-refractivity contribution in [3.05, 3.63) is 50.2 Å². The fourth-order valence-corrected chi connectivity index (χ4v) is 2.89. The van der Waals surface area contributed by atoms with Crippen LogP contribution in [0.1, 0.15) is 23.2 Å². The van der Waals surface area contributed by atoms with Gasteiger partial charge in [-0.05, 0) is 37.6 Å². The summed E-state index contributed by atoms with van der Waals surface area (Å²) in [6.07, 6.45) is 0.713. The summed E-state index contributed by atoms with van der Waals surface area (Å²) >= 11 is 18.5. The molecule has 22 heavy (non-hydrogen) atoms. The van der Waals surface area contributed by atoms with E-state index in [0.717, 1.165) is 23.4 Å². The average Bonchev–Trinajstić information content (AvgIpc) is 2.73. The van der Waals surface area contributed by atoms with E-state index < -0.39 is 0 Å². The van der Waals surface area contributed by atoms with E-state index in [1.54, 1.807) is 16.8 Å². The van der Waals surface area contributed by atoms with E-state index in [1.807, 2.05) is 13.0 Å². The van der Waals surface area contributed by atoms with Gasteiger partial charge in [0.1, 0.15) is 5.15 Å². The van der Waals surface area contributed by atoms with Gasteiger partial charge in [0, 0.05) is 28.8 Å². The summed E-state index contributed by atoms with van der Waals surface area (Å²) in [4.78, 5) is 0. The van der Waals surface area contributed by atoms with Crippen LogP contribution in [0.4, 0.5) is 0 Å². The van der Waals surface area contributed by atoms with E-state index >= 15 is 0 Å². The van der Waals surface area contributed by atoms with E-state index in [4.69, 9.17) is 39.9 Å². The van der Waals surface area contributed by atoms with E-state index in [2.05, 4.69) is 10.4 Å². The van der Waals surface area contributed by atoms with Crippen molar-refractivity contribution in [2.24, 2.45) is 0 Å². The third-order valence-corrected chi connectivity index (χ3v) is 4.34. The zero-order valence-corrected chi connectivity index (χ0v) is 14.5. The number of rotatable bonds is 7. The summed E-state index contributed by atoms with van der Waals surface area (Å²) in [6.45, 7) is 3.95. The lowest BCUT2D eigenvalue weighted by molar-refractivity contribution is 0.286. The Bertz CT molecular complexity index is 643. The molecule has 0 amide bonds. The van der Waals surface area contributed by atoms with E-state index in [-0.39, 0.29) is 6.61 Å². The van der Waals surface area contributed by atoms with Crippen molar-refractivity contribution in [1.82, 2.24) is 15.1 Å². The summed E-state index contributed by atoms with van der Waals surface area (Å²) in [5.74, 6) is 0. The molecular weight excluding hydrogens is 345 g/mol. The Morgan fingerprint density at radius 1 is 1.27 bits per heavy atom. The lowest BCUT2D eigenvalue weighted by Gasteiger charge is -2.07. The summed E-state index contributed by atoms with van der Waals surface area (Å²) in [5.41, 5.74) is 2.76. The Balaban J connectivity index is 2.12. The lowest BCUT2D eigenvalue weighted by Crippen LogP contribution is -2.16. The smallest absolute Gasteiger partial charge is 0.132 e. The monoisotopic (exact) mass is 361 g/mol. The van der Waals surface area contributed by atoms with Crippen LogP contribution in [0.5, 0.6) is 0 Å². The third-order valence-electron chi connectivity index (χ3n) is 3.33. The van der Waals surface area contributed by atoms with Gasteiger partial charge >= 0.3 is 0 Å². The van der Waals surface area contributed by atoms with Gasteiger partial charge in [-0.15, -0.1) is 0 Å². The maximum atomic E-state index is 8.78. The highest BCUT2D eigenvalue weighted by atomic mass is 35.5. The molecule has 4 nitrogen and oxygen atoms in total. The summed E-state index contributed by atoms with van der Waals surface area (Å²) in [5, 5.41) is 18.3. The number of benzene rings is 1. The molecule has 120 valence electrons. The fourth-order valence-electron chi connectivity index (χ4n) is 2.12. The molecule has 2 aromatic rings. The largest absolute Gasteiger partial charge is 0.396 e. The number of hydrogen-bond donors (Lipinski definition) is 2. The van der Waals surface area contributed by atoms with Crippen LogP contribution in [0.25, 0.3) is 0 Å². The van der Waals surface area contributed by atoms with Crippen molar-refractivity contribution in [3.63, 3.8) is 0 Å². The molecule has 0 aliphatic heterocycles. The van der Waals surface area contributed by atoms with Gasteiger partial charge in [0.25, 0.3) is 0 Å². The molecule has 0 saturated carbocycles. The van der Waals surface area contributed by atoms with Crippen molar-refractivity contribution in [2.45, 2.75) is 26.4 Å². The topological polar surface area (TPSA) is 50.1 Å². The molecule has 0 atom stereocenters. The van der Waals surface area contributed by atoms with Crippen molar-refractivity contribution in [2.75, 3.05) is 13.2 Å². The first-order chi connectivity index (χ1) is 10.5. The molecule has 2 N–H and O–H groups in total. The molecule has 0 aliphatic carbocycles. The van der Waals surface area contributed by atoms with Gasteiger partial charge in [0.2, 0.25) is 0 Å². The van der Waals surface area contributed by atoms with Crippen LogP contribution in [0.3, 0.4) is 0 Å². The second-order valence-electron chi connectivity index (χ2n) is 5.00. The normalized spacial score (nSPS) is 11.1. The van der Waals surface area contributed by atoms with Gasteiger partial charge in [0.15, 0.2) is 0 Å². The molecule has 0 radical (unpaired) electrons. The number of aryl methyl sites for hydroxylation is 1. The van der Waals surface area contributed by atoms with Crippen LogP contribution >= 0.6 is 34.8 Å². The first kappa shape index (κ1) is 17.6. The summed E-state index contributed by atoms with van der Waals surface area (Å²) in [6, 6.07) is 5.38. The van der Waals surface area contributed by atoms with Crippen molar-refractivity contribution in [1.29, 1.82) is 0 Å². The molecule has 0 saturated heterocycles. The number of aromatic nitrogens is 2. The van der Waals surface area contributed by atoms with Gasteiger partial charge in [-0.25, -0.2) is 4.68 Å². The van der Waals surface area contributed by atoms with Gasteiger partial charge in [-0.1, -0.05) is 40.9 Å². The predicted octanol–water partition coefficient (Wildman–Crippen LogP) is 3.67. The molecular formula is C15H18Cl3N3O. The fraction of sp³-hybridized carbons (Fsp3) is 0.400. The zero-order chi connectivity index (χ0) is 16.1. The second-order valence-corrected chi connectivity index (χ2v) is 6.20. The van der Waals surface area contributed by atoms with Crippen LogP contribution in [0.2, 0.25) is 15.2 Å². The predicted molar refractivity (Wildman–Crippen MR) is 90.9 cm³/mol. The van der Waals surface area contributed by atoms with Crippen LogP contribution < -0.4 is 5.32 Å². The number of nitrogens with one attached hydrogen (secondary N) is 1. The van der Waals surface area contributed by atoms with Crippen molar-refractivity contribution in [3.8, 4) is 0 Å². The molecule has 1 aromatic heterocycles. The van der Waals surface area contributed by atoms with Crippen molar-refractivity contribution >= 4 is 34.8 Å². The minimum atomic E-state index is 0.175. The number of aliphatic hydroxyl groups is 1. The van der Waals surface area contributed by atoms with Crippen LogP contribution in [0, 0.1) is 6.92 Å². The maximum absolute atomic E-state index is 8.78. The molecule has 0 fully saturated rings. The summed E-state index contributed by atoms with van der Waals surface area (Å²) < 4.78 is 1.73. The lowest BCUT2D eigenvalue weighted by atomic mass is 10.2. The van der Waals surface area contributed by atoms with Gasteiger partial charge in [-0.3, -0.25) is 0 Å². The van der Waals surface area contributed by atoms with E-state index in [1.165, 1.54) is 0 Å². The molecule has 0 bridgehead atoms. The SMILES string of the molecule is Cc1nn(Cc2ccc(Cl)cc2Cl)c(Cl)c1CNCCCO. The Morgan fingerprint density at radius 2 is 2.05 bits per heavy atom.